The average molecular weight is 264 g/mol. The molecule has 0 unspecified atom stereocenters. The minimum absolute atomic E-state index is 0.0985. The van der Waals surface area contributed by atoms with Crippen LogP contribution >= 0.6 is 12.6 Å². The number of carbonyl (C=O) groups is 1. The van der Waals surface area contributed by atoms with Crippen molar-refractivity contribution in [1.82, 2.24) is 9.88 Å². The second-order valence-electron chi connectivity index (χ2n) is 4.26. The lowest BCUT2D eigenvalue weighted by molar-refractivity contribution is -0.129. The Hall–Kier alpha value is -1.49. The summed E-state index contributed by atoms with van der Waals surface area (Å²) >= 11 is 4.06. The molecule has 0 saturated heterocycles. The Morgan fingerprint density at radius 1 is 1.50 bits per heavy atom. The van der Waals surface area contributed by atoms with E-state index in [0.717, 1.165) is 16.7 Å². The zero-order chi connectivity index (χ0) is 13.1. The Bertz CT molecular complexity index is 565. The average Bonchev–Trinajstić information content (AvgIpc) is 2.68. The molecule has 96 valence electrons. The second-order valence-corrected chi connectivity index (χ2v) is 4.71. The van der Waals surface area contributed by atoms with E-state index in [1.807, 2.05) is 25.1 Å². The third-order valence-corrected chi connectivity index (χ3v) is 2.95. The standard InChI is InChI=1S/C13H16N2O2S/c1-9-14-11-7-10(3-4-12(11)17-9)8-15(2)13(16)5-6-18/h3-4,7,18H,5-6,8H2,1-2H3. The summed E-state index contributed by atoms with van der Waals surface area (Å²) in [4.78, 5) is 17.6. The van der Waals surface area contributed by atoms with Gasteiger partial charge in [-0.05, 0) is 23.4 Å². The number of fused-ring (bicyclic) bond motifs is 1. The van der Waals surface area contributed by atoms with Crippen LogP contribution in [0.4, 0.5) is 0 Å². The van der Waals surface area contributed by atoms with Crippen molar-refractivity contribution in [1.29, 1.82) is 0 Å². The topological polar surface area (TPSA) is 46.3 Å². The summed E-state index contributed by atoms with van der Waals surface area (Å²) in [6.07, 6.45) is 0.463. The molecule has 4 nitrogen and oxygen atoms in total. The van der Waals surface area contributed by atoms with Gasteiger partial charge in [0.25, 0.3) is 0 Å². The van der Waals surface area contributed by atoms with Crippen molar-refractivity contribution in [2.45, 2.75) is 19.9 Å². The maximum Gasteiger partial charge on any atom is 0.223 e. The fourth-order valence-electron chi connectivity index (χ4n) is 1.84. The van der Waals surface area contributed by atoms with Gasteiger partial charge in [0.1, 0.15) is 5.52 Å². The lowest BCUT2D eigenvalue weighted by Crippen LogP contribution is -2.26. The van der Waals surface area contributed by atoms with Crippen molar-refractivity contribution in [3.8, 4) is 0 Å². The zero-order valence-electron chi connectivity index (χ0n) is 10.5. The normalized spacial score (nSPS) is 10.8. The summed E-state index contributed by atoms with van der Waals surface area (Å²) in [6.45, 7) is 2.40. The zero-order valence-corrected chi connectivity index (χ0v) is 11.4. The molecule has 0 saturated carbocycles. The molecular formula is C13H16N2O2S. The number of benzene rings is 1. The van der Waals surface area contributed by atoms with E-state index in [2.05, 4.69) is 17.6 Å². The lowest BCUT2D eigenvalue weighted by atomic mass is 10.2. The quantitative estimate of drug-likeness (QED) is 0.863. The number of hydrogen-bond donors (Lipinski definition) is 1. The molecule has 0 fully saturated rings. The summed E-state index contributed by atoms with van der Waals surface area (Å²) < 4.78 is 5.41. The van der Waals surface area contributed by atoms with E-state index in [-0.39, 0.29) is 5.91 Å². The van der Waals surface area contributed by atoms with Crippen molar-refractivity contribution >= 4 is 29.6 Å². The minimum atomic E-state index is 0.0985. The molecule has 0 spiro atoms. The summed E-state index contributed by atoms with van der Waals surface area (Å²) in [6, 6.07) is 5.80. The molecule has 0 N–H and O–H groups in total. The van der Waals surface area contributed by atoms with E-state index >= 15 is 0 Å². The van der Waals surface area contributed by atoms with E-state index in [1.165, 1.54) is 0 Å². The Labute approximate surface area is 111 Å². The van der Waals surface area contributed by atoms with Gasteiger partial charge < -0.3 is 9.32 Å². The monoisotopic (exact) mass is 264 g/mol. The van der Waals surface area contributed by atoms with Gasteiger partial charge in [-0.1, -0.05) is 6.07 Å². The number of nitrogens with zero attached hydrogens (tertiary/aromatic N) is 2. The molecule has 0 aliphatic heterocycles. The summed E-state index contributed by atoms with van der Waals surface area (Å²) in [7, 11) is 1.80. The molecule has 0 aliphatic rings. The molecule has 1 aromatic carbocycles. The molecule has 2 aromatic rings. The third kappa shape index (κ3) is 2.85. The van der Waals surface area contributed by atoms with Gasteiger partial charge in [0.15, 0.2) is 11.5 Å². The Balaban J connectivity index is 2.13. The lowest BCUT2D eigenvalue weighted by Gasteiger charge is -2.16. The summed E-state index contributed by atoms with van der Waals surface area (Å²) in [5, 5.41) is 0. The van der Waals surface area contributed by atoms with Gasteiger partial charge in [0.2, 0.25) is 5.91 Å². The van der Waals surface area contributed by atoms with Crippen LogP contribution in [0.3, 0.4) is 0 Å². The molecular weight excluding hydrogens is 248 g/mol. The Kier molecular flexibility index (Phi) is 3.91. The molecule has 0 atom stereocenters. The number of aromatic nitrogens is 1. The van der Waals surface area contributed by atoms with Crippen LogP contribution in [-0.4, -0.2) is 28.6 Å². The number of oxazole rings is 1. The predicted octanol–water partition coefficient (Wildman–Crippen LogP) is 2.41. The molecule has 0 radical (unpaired) electrons. The van der Waals surface area contributed by atoms with Crippen LogP contribution in [-0.2, 0) is 11.3 Å². The van der Waals surface area contributed by atoms with Gasteiger partial charge in [0.05, 0.1) is 0 Å². The van der Waals surface area contributed by atoms with Crippen molar-refractivity contribution in [2.75, 3.05) is 12.8 Å². The Morgan fingerprint density at radius 3 is 3.00 bits per heavy atom. The van der Waals surface area contributed by atoms with Crippen LogP contribution in [0.2, 0.25) is 0 Å². The first-order valence-electron chi connectivity index (χ1n) is 5.81. The van der Waals surface area contributed by atoms with Crippen LogP contribution in [0, 0.1) is 6.92 Å². The van der Waals surface area contributed by atoms with Gasteiger partial charge in [-0.3, -0.25) is 4.79 Å². The number of hydrogen-bond acceptors (Lipinski definition) is 4. The maximum atomic E-state index is 11.7. The SMILES string of the molecule is Cc1nc2cc(CN(C)C(=O)CCS)ccc2o1. The van der Waals surface area contributed by atoms with Crippen molar-refractivity contribution in [3.05, 3.63) is 29.7 Å². The first-order valence-corrected chi connectivity index (χ1v) is 6.44. The maximum absolute atomic E-state index is 11.7. The fourth-order valence-corrected chi connectivity index (χ4v) is 2.03. The van der Waals surface area contributed by atoms with E-state index in [9.17, 15) is 4.79 Å². The molecule has 5 heteroatoms. The van der Waals surface area contributed by atoms with Gasteiger partial charge in [-0.15, -0.1) is 0 Å². The number of aryl methyl sites for hydroxylation is 1. The van der Waals surface area contributed by atoms with E-state index < -0.39 is 0 Å². The number of rotatable bonds is 4. The van der Waals surface area contributed by atoms with Crippen LogP contribution in [0.5, 0.6) is 0 Å². The van der Waals surface area contributed by atoms with Gasteiger partial charge in [-0.2, -0.15) is 12.6 Å². The highest BCUT2D eigenvalue weighted by Crippen LogP contribution is 2.17. The number of thiol groups is 1. The fraction of sp³-hybridized carbons (Fsp3) is 0.385. The molecule has 1 heterocycles. The van der Waals surface area contributed by atoms with Crippen LogP contribution in [0.15, 0.2) is 22.6 Å². The molecule has 0 bridgehead atoms. The summed E-state index contributed by atoms with van der Waals surface area (Å²) in [5.74, 6) is 1.33. The van der Waals surface area contributed by atoms with Gasteiger partial charge in [-0.25, -0.2) is 4.98 Å². The highest BCUT2D eigenvalue weighted by atomic mass is 32.1. The van der Waals surface area contributed by atoms with Crippen molar-refractivity contribution in [2.24, 2.45) is 0 Å². The molecule has 18 heavy (non-hydrogen) atoms. The first kappa shape index (κ1) is 13.0. The van der Waals surface area contributed by atoms with E-state index in [1.54, 1.807) is 11.9 Å². The molecule has 1 aromatic heterocycles. The highest BCUT2D eigenvalue weighted by molar-refractivity contribution is 7.80. The molecule has 0 aliphatic carbocycles. The Morgan fingerprint density at radius 2 is 2.28 bits per heavy atom. The van der Waals surface area contributed by atoms with E-state index in [4.69, 9.17) is 4.42 Å². The smallest absolute Gasteiger partial charge is 0.223 e. The van der Waals surface area contributed by atoms with Gasteiger partial charge in [0, 0.05) is 26.9 Å². The molecule has 2 rings (SSSR count). The minimum Gasteiger partial charge on any atom is -0.441 e. The number of amides is 1. The van der Waals surface area contributed by atoms with E-state index in [0.29, 0.717) is 24.6 Å². The van der Waals surface area contributed by atoms with Crippen molar-refractivity contribution < 1.29 is 9.21 Å². The van der Waals surface area contributed by atoms with Gasteiger partial charge >= 0.3 is 0 Å². The van der Waals surface area contributed by atoms with Crippen LogP contribution in [0.1, 0.15) is 17.9 Å². The summed E-state index contributed by atoms with van der Waals surface area (Å²) in [5.41, 5.74) is 2.66. The number of carbonyl (C=O) groups excluding carboxylic acids is 1. The first-order chi connectivity index (χ1) is 8.60. The third-order valence-electron chi connectivity index (χ3n) is 2.73. The van der Waals surface area contributed by atoms with Crippen LogP contribution in [0.25, 0.3) is 11.1 Å². The molecule has 1 amide bonds. The largest absolute Gasteiger partial charge is 0.441 e. The van der Waals surface area contributed by atoms with Crippen molar-refractivity contribution in [3.63, 3.8) is 0 Å². The second kappa shape index (κ2) is 5.44. The van der Waals surface area contributed by atoms with Crippen LogP contribution < -0.4 is 0 Å². The predicted molar refractivity (Wildman–Crippen MR) is 73.7 cm³/mol. The highest BCUT2D eigenvalue weighted by Gasteiger charge is 2.09.